The average molecular weight is 718 g/mol. The van der Waals surface area contributed by atoms with Crippen LogP contribution in [0, 0.1) is 0 Å². The van der Waals surface area contributed by atoms with Crippen molar-refractivity contribution in [1.82, 2.24) is 5.32 Å². The summed E-state index contributed by atoms with van der Waals surface area (Å²) in [6, 6.07) is 61.4. The van der Waals surface area contributed by atoms with Crippen molar-refractivity contribution in [3.8, 4) is 11.1 Å². The van der Waals surface area contributed by atoms with E-state index >= 15 is 0 Å². The molecule has 0 saturated carbocycles. The van der Waals surface area contributed by atoms with Gasteiger partial charge in [-0.25, -0.2) is 9.98 Å². The van der Waals surface area contributed by atoms with Gasteiger partial charge in [0.15, 0.2) is 5.84 Å². The van der Waals surface area contributed by atoms with Crippen molar-refractivity contribution in [2.75, 3.05) is 0 Å². The molecule has 0 saturated heterocycles. The maximum Gasteiger partial charge on any atom is 0.159 e. The van der Waals surface area contributed by atoms with Gasteiger partial charge in [0.05, 0.1) is 0 Å². The molecule has 5 heteroatoms. The van der Waals surface area contributed by atoms with Gasteiger partial charge in [-0.3, -0.25) is 0 Å². The minimum absolute atomic E-state index is 0.423. The summed E-state index contributed by atoms with van der Waals surface area (Å²) in [4.78, 5) is 10.5. The maximum absolute atomic E-state index is 6.68. The van der Waals surface area contributed by atoms with Crippen molar-refractivity contribution in [2.24, 2.45) is 9.98 Å². The average Bonchev–Trinajstić information content (AvgIpc) is 3.85. The topological polar surface area (TPSA) is 63.0 Å². The number of furan rings is 2. The lowest BCUT2D eigenvalue weighted by Gasteiger charge is -2.25. The van der Waals surface area contributed by atoms with E-state index in [-0.39, 0.29) is 0 Å². The first-order valence-corrected chi connectivity index (χ1v) is 18.9. The highest BCUT2D eigenvalue weighted by Gasteiger charge is 2.26. The third-order valence-electron chi connectivity index (χ3n) is 11.3. The van der Waals surface area contributed by atoms with Crippen LogP contribution in [-0.4, -0.2) is 11.7 Å². The van der Waals surface area contributed by atoms with Gasteiger partial charge >= 0.3 is 0 Å². The van der Waals surface area contributed by atoms with E-state index in [0.29, 0.717) is 5.84 Å². The number of benzene rings is 9. The van der Waals surface area contributed by atoms with Crippen molar-refractivity contribution in [3.05, 3.63) is 193 Å². The van der Waals surface area contributed by atoms with Crippen LogP contribution in [0.3, 0.4) is 0 Å². The molecule has 56 heavy (non-hydrogen) atoms. The lowest BCUT2D eigenvalue weighted by atomic mass is 9.95. The van der Waals surface area contributed by atoms with E-state index < -0.39 is 6.17 Å². The van der Waals surface area contributed by atoms with Gasteiger partial charge in [0.1, 0.15) is 34.3 Å². The predicted molar refractivity (Wildman–Crippen MR) is 231 cm³/mol. The number of nitrogens with one attached hydrogen (secondary N) is 1. The molecule has 12 rings (SSSR count). The molecule has 9 aromatic carbocycles. The van der Waals surface area contributed by atoms with Crippen molar-refractivity contribution >= 4 is 87.9 Å². The van der Waals surface area contributed by atoms with Crippen molar-refractivity contribution in [1.29, 1.82) is 0 Å². The summed E-state index contributed by atoms with van der Waals surface area (Å²) in [5, 5.41) is 15.1. The van der Waals surface area contributed by atoms with E-state index in [1.165, 1.54) is 10.8 Å². The van der Waals surface area contributed by atoms with Gasteiger partial charge in [0.2, 0.25) is 0 Å². The SMILES string of the molecule is c1ccc(C2=NC(c3cccc4oc5cc(-c6cccc7oc8c9ccccc9ccc8c67)ccc5c34)NC(c3cc4ccccc4c4ccccc34)=N2)cc1. The third kappa shape index (κ3) is 4.67. The number of rotatable bonds is 4. The first kappa shape index (κ1) is 30.9. The second-order valence-corrected chi connectivity index (χ2v) is 14.5. The van der Waals surface area contributed by atoms with Crippen LogP contribution in [0.2, 0.25) is 0 Å². The summed E-state index contributed by atoms with van der Waals surface area (Å²) in [6.07, 6.45) is -0.423. The Kier molecular flexibility index (Phi) is 6.63. The van der Waals surface area contributed by atoms with E-state index in [1.807, 2.05) is 24.3 Å². The van der Waals surface area contributed by atoms with E-state index in [4.69, 9.17) is 18.8 Å². The van der Waals surface area contributed by atoms with Crippen LogP contribution in [-0.2, 0) is 0 Å². The number of hydrogen-bond acceptors (Lipinski definition) is 5. The molecule has 5 nitrogen and oxygen atoms in total. The molecule has 1 unspecified atom stereocenters. The summed E-state index contributed by atoms with van der Waals surface area (Å²) in [5.74, 6) is 1.47. The van der Waals surface area contributed by atoms with Crippen molar-refractivity contribution in [3.63, 3.8) is 0 Å². The van der Waals surface area contributed by atoms with Crippen LogP contribution in [0.25, 0.3) is 87.3 Å². The lowest BCUT2D eigenvalue weighted by Crippen LogP contribution is -2.33. The van der Waals surface area contributed by atoms with Crippen LogP contribution in [0.1, 0.15) is 22.9 Å². The maximum atomic E-state index is 6.68. The Morgan fingerprint density at radius 3 is 2.02 bits per heavy atom. The molecule has 1 aliphatic heterocycles. The monoisotopic (exact) mass is 717 g/mol. The Balaban J connectivity index is 1.02. The summed E-state index contributed by atoms with van der Waals surface area (Å²) in [7, 11) is 0. The fourth-order valence-electron chi connectivity index (χ4n) is 8.76. The molecular formula is C51H31N3O2. The number of nitrogens with zero attached hydrogens (tertiary/aromatic N) is 2. The Labute approximate surface area is 320 Å². The molecule has 2 aromatic heterocycles. The van der Waals surface area contributed by atoms with Gasteiger partial charge in [-0.1, -0.05) is 140 Å². The zero-order chi connectivity index (χ0) is 36.7. The van der Waals surface area contributed by atoms with Crippen LogP contribution in [0.15, 0.2) is 195 Å². The lowest BCUT2D eigenvalue weighted by molar-refractivity contribution is 0.662. The molecular weight excluding hydrogens is 687 g/mol. The first-order chi connectivity index (χ1) is 27.7. The normalized spacial score (nSPS) is 14.6. The first-order valence-electron chi connectivity index (χ1n) is 18.9. The van der Waals surface area contributed by atoms with E-state index in [0.717, 1.165) is 99.1 Å². The minimum Gasteiger partial charge on any atom is -0.456 e. The molecule has 0 aliphatic carbocycles. The van der Waals surface area contributed by atoms with E-state index in [1.54, 1.807) is 0 Å². The second-order valence-electron chi connectivity index (χ2n) is 14.5. The van der Waals surface area contributed by atoms with Gasteiger partial charge in [0.25, 0.3) is 0 Å². The van der Waals surface area contributed by atoms with Crippen LogP contribution < -0.4 is 5.32 Å². The largest absolute Gasteiger partial charge is 0.456 e. The molecule has 1 aliphatic rings. The molecule has 0 amide bonds. The number of aliphatic imine (C=N–C) groups is 2. The van der Waals surface area contributed by atoms with E-state index in [9.17, 15) is 0 Å². The highest BCUT2D eigenvalue weighted by Crippen LogP contribution is 2.42. The fraction of sp³-hybridized carbons (Fsp3) is 0.0196. The molecule has 262 valence electrons. The molecule has 3 heterocycles. The molecule has 0 bridgehead atoms. The van der Waals surface area contributed by atoms with Crippen LogP contribution in [0.4, 0.5) is 0 Å². The molecule has 0 spiro atoms. The molecule has 11 aromatic rings. The molecule has 1 atom stereocenters. The summed E-state index contributed by atoms with van der Waals surface area (Å²) >= 11 is 0. The zero-order valence-electron chi connectivity index (χ0n) is 30.0. The van der Waals surface area contributed by atoms with Gasteiger partial charge < -0.3 is 14.2 Å². The Morgan fingerprint density at radius 2 is 1.14 bits per heavy atom. The van der Waals surface area contributed by atoms with Crippen LogP contribution in [0.5, 0.6) is 0 Å². The smallest absolute Gasteiger partial charge is 0.159 e. The summed E-state index contributed by atoms with van der Waals surface area (Å²) in [5.41, 5.74) is 8.60. The second kappa shape index (κ2) is 12.0. The van der Waals surface area contributed by atoms with Crippen molar-refractivity contribution < 1.29 is 8.83 Å². The minimum atomic E-state index is -0.423. The summed E-state index contributed by atoms with van der Waals surface area (Å²) < 4.78 is 13.2. The standard InChI is InChI=1S/C51H31N3O2/c1-2-13-31(14-3-1)49-52-50(54-51(53-49)42-28-32-15-5-6-16-34(32)37-18-8-9-19-38(37)42)41-21-11-22-43-47(41)39-26-25-33(29-45(39)55-43)35-20-10-23-44-46(35)40-27-24-30-12-4-7-17-36(30)48(40)56-44/h1-29,50H,(H,52,53,54). The Hall–Kier alpha value is -7.50. The molecule has 1 N–H and O–H groups in total. The number of amidine groups is 2. The summed E-state index contributed by atoms with van der Waals surface area (Å²) in [6.45, 7) is 0. The van der Waals surface area contributed by atoms with Crippen LogP contribution >= 0.6 is 0 Å². The zero-order valence-corrected chi connectivity index (χ0v) is 30.0. The van der Waals surface area contributed by atoms with E-state index in [2.05, 4.69) is 157 Å². The Bertz CT molecular complexity index is 3460. The van der Waals surface area contributed by atoms with Gasteiger partial charge in [-0.05, 0) is 74.5 Å². The highest BCUT2D eigenvalue weighted by atomic mass is 16.3. The fourth-order valence-corrected chi connectivity index (χ4v) is 8.76. The van der Waals surface area contributed by atoms with Crippen molar-refractivity contribution in [2.45, 2.75) is 6.17 Å². The highest BCUT2D eigenvalue weighted by molar-refractivity contribution is 6.23. The third-order valence-corrected chi connectivity index (χ3v) is 11.3. The Morgan fingerprint density at radius 1 is 0.429 bits per heavy atom. The number of hydrogen-bond donors (Lipinski definition) is 1. The number of fused-ring (bicyclic) bond motifs is 11. The van der Waals surface area contributed by atoms with Gasteiger partial charge in [-0.2, -0.15) is 0 Å². The van der Waals surface area contributed by atoms with Gasteiger partial charge in [-0.15, -0.1) is 0 Å². The molecule has 0 radical (unpaired) electrons. The van der Waals surface area contributed by atoms with Gasteiger partial charge in [0, 0.05) is 43.6 Å². The predicted octanol–water partition coefficient (Wildman–Crippen LogP) is 13.1. The quantitative estimate of drug-likeness (QED) is 0.184. The molecule has 0 fully saturated rings.